The van der Waals surface area contributed by atoms with Crippen LogP contribution in [0, 0.1) is 0 Å². The van der Waals surface area contributed by atoms with Gasteiger partial charge in [-0.15, -0.1) is 0 Å². The van der Waals surface area contributed by atoms with Crippen molar-refractivity contribution < 1.29 is 19.1 Å². The molecule has 0 aliphatic carbocycles. The number of nitrogens with zero attached hydrogens (tertiary/aromatic N) is 2. The molecule has 1 aliphatic heterocycles. The third kappa shape index (κ3) is 6.07. The number of rotatable bonds is 7. The second-order valence-electron chi connectivity index (χ2n) is 7.79. The highest BCUT2D eigenvalue weighted by atomic mass is 79.9. The molecule has 0 spiro atoms. The molecule has 8 nitrogen and oxygen atoms in total. The highest BCUT2D eigenvalue weighted by Gasteiger charge is 2.17. The molecule has 178 valence electrons. The molecule has 1 heterocycles. The van der Waals surface area contributed by atoms with Gasteiger partial charge >= 0.3 is 0 Å². The number of anilines is 1. The van der Waals surface area contributed by atoms with Crippen molar-refractivity contribution in [2.75, 3.05) is 25.8 Å². The van der Waals surface area contributed by atoms with E-state index in [0.29, 0.717) is 22.6 Å². The van der Waals surface area contributed by atoms with E-state index in [1.54, 1.807) is 42.5 Å². The number of benzene rings is 3. The highest BCUT2D eigenvalue weighted by Crippen LogP contribution is 2.36. The third-order valence-corrected chi connectivity index (χ3v) is 5.80. The van der Waals surface area contributed by atoms with E-state index in [9.17, 15) is 9.59 Å². The minimum atomic E-state index is -0.570. The van der Waals surface area contributed by atoms with E-state index in [-0.39, 0.29) is 12.5 Å². The Morgan fingerprint density at radius 2 is 1.69 bits per heavy atom. The van der Waals surface area contributed by atoms with Crippen LogP contribution in [0.1, 0.15) is 21.5 Å². The van der Waals surface area contributed by atoms with Crippen molar-refractivity contribution in [3.63, 3.8) is 0 Å². The summed E-state index contributed by atoms with van der Waals surface area (Å²) in [7, 11) is 3.89. The Bertz CT molecular complexity index is 1290. The molecule has 0 unspecified atom stereocenters. The van der Waals surface area contributed by atoms with Crippen LogP contribution in [-0.4, -0.2) is 38.9 Å². The van der Waals surface area contributed by atoms with Crippen LogP contribution in [-0.2, 0) is 4.79 Å². The first-order valence-corrected chi connectivity index (χ1v) is 11.5. The van der Waals surface area contributed by atoms with E-state index in [0.717, 1.165) is 15.7 Å². The van der Waals surface area contributed by atoms with Gasteiger partial charge in [0.15, 0.2) is 11.5 Å². The summed E-state index contributed by atoms with van der Waals surface area (Å²) in [5.74, 6) is 0.253. The molecule has 2 N–H and O–H groups in total. The molecule has 1 aliphatic rings. The molecule has 2 amide bonds. The number of fused-ring (bicyclic) bond motifs is 1. The number of nitrogens with one attached hydrogen (secondary N) is 2. The van der Waals surface area contributed by atoms with Gasteiger partial charge in [-0.2, -0.15) is 5.10 Å². The molecule has 0 bridgehead atoms. The lowest BCUT2D eigenvalue weighted by Crippen LogP contribution is -2.32. The van der Waals surface area contributed by atoms with Crippen molar-refractivity contribution in [2.24, 2.45) is 5.10 Å². The van der Waals surface area contributed by atoms with Gasteiger partial charge in [-0.05, 0) is 64.0 Å². The summed E-state index contributed by atoms with van der Waals surface area (Å²) in [5, 5.41) is 6.75. The molecule has 3 aromatic carbocycles. The van der Waals surface area contributed by atoms with Gasteiger partial charge in [0.1, 0.15) is 5.70 Å². The highest BCUT2D eigenvalue weighted by molar-refractivity contribution is 9.10. The first-order chi connectivity index (χ1) is 16.9. The number of hydrazone groups is 1. The molecule has 0 aromatic heterocycles. The van der Waals surface area contributed by atoms with Gasteiger partial charge in [0.25, 0.3) is 11.8 Å². The van der Waals surface area contributed by atoms with Gasteiger partial charge in [0, 0.05) is 35.4 Å². The van der Waals surface area contributed by atoms with E-state index in [4.69, 9.17) is 9.47 Å². The van der Waals surface area contributed by atoms with Crippen LogP contribution < -0.4 is 25.1 Å². The Hall–Kier alpha value is -4.11. The lowest BCUT2D eigenvalue weighted by molar-refractivity contribution is -0.117. The Balaban J connectivity index is 1.54. The predicted molar refractivity (Wildman–Crippen MR) is 139 cm³/mol. The summed E-state index contributed by atoms with van der Waals surface area (Å²) in [4.78, 5) is 27.7. The second kappa shape index (κ2) is 10.9. The monoisotopic (exact) mass is 534 g/mol. The fourth-order valence-electron chi connectivity index (χ4n) is 3.23. The molecule has 9 heteroatoms. The van der Waals surface area contributed by atoms with Crippen molar-refractivity contribution in [1.29, 1.82) is 0 Å². The van der Waals surface area contributed by atoms with Gasteiger partial charge in [-0.1, -0.05) is 30.3 Å². The number of hydrogen-bond acceptors (Lipinski definition) is 6. The number of carbonyl (C=O) groups excluding carboxylic acids is 2. The van der Waals surface area contributed by atoms with E-state index < -0.39 is 11.8 Å². The maximum Gasteiger partial charge on any atom is 0.287 e. The van der Waals surface area contributed by atoms with Crippen molar-refractivity contribution in [3.05, 3.63) is 93.6 Å². The van der Waals surface area contributed by atoms with Crippen molar-refractivity contribution in [3.8, 4) is 11.5 Å². The summed E-state index contributed by atoms with van der Waals surface area (Å²) in [6, 6.07) is 19.8. The molecular formula is C26H23BrN4O4. The van der Waals surface area contributed by atoms with Gasteiger partial charge < -0.3 is 19.7 Å². The molecule has 0 saturated heterocycles. The summed E-state index contributed by atoms with van der Waals surface area (Å²) in [6.07, 6.45) is 3.08. The molecule has 3 aromatic rings. The first-order valence-electron chi connectivity index (χ1n) is 10.7. The van der Waals surface area contributed by atoms with Crippen molar-refractivity contribution in [1.82, 2.24) is 10.7 Å². The number of halogens is 1. The maximum absolute atomic E-state index is 13.0. The molecule has 0 radical (unpaired) electrons. The molecule has 0 atom stereocenters. The van der Waals surface area contributed by atoms with Crippen LogP contribution in [0.5, 0.6) is 11.5 Å². The van der Waals surface area contributed by atoms with E-state index in [1.165, 1.54) is 6.21 Å². The summed E-state index contributed by atoms with van der Waals surface area (Å²) in [6.45, 7) is 0.157. The number of hydrogen-bond donors (Lipinski definition) is 2. The maximum atomic E-state index is 13.0. The molecule has 0 fully saturated rings. The number of carbonyl (C=O) groups is 2. The zero-order valence-electron chi connectivity index (χ0n) is 19.1. The van der Waals surface area contributed by atoms with Gasteiger partial charge in [-0.25, -0.2) is 5.43 Å². The predicted octanol–water partition coefficient (Wildman–Crippen LogP) is 4.17. The minimum Gasteiger partial charge on any atom is -0.454 e. The SMILES string of the molecule is CN(C)c1ccc(/C=C(\NC(=O)c2ccccc2)C(=O)N/N=C\c2cc3c(cc2Br)OCO3)cc1. The Labute approximate surface area is 211 Å². The Kier molecular flexibility index (Phi) is 7.47. The first kappa shape index (κ1) is 24.0. The molecular weight excluding hydrogens is 512 g/mol. The minimum absolute atomic E-state index is 0.0540. The van der Waals surface area contributed by atoms with Gasteiger partial charge in [0.2, 0.25) is 6.79 Å². The molecule has 4 rings (SSSR count). The van der Waals surface area contributed by atoms with Crippen LogP contribution in [0.4, 0.5) is 5.69 Å². The summed E-state index contributed by atoms with van der Waals surface area (Å²) < 4.78 is 11.5. The van der Waals surface area contributed by atoms with Crippen LogP contribution in [0.25, 0.3) is 6.08 Å². The van der Waals surface area contributed by atoms with E-state index >= 15 is 0 Å². The Morgan fingerprint density at radius 1 is 1.00 bits per heavy atom. The third-order valence-electron chi connectivity index (χ3n) is 5.11. The van der Waals surface area contributed by atoms with Crippen LogP contribution >= 0.6 is 15.9 Å². The standard InChI is InChI=1S/C26H23BrN4O4/c1-31(2)20-10-8-17(9-11-20)12-22(29-25(32)18-6-4-3-5-7-18)26(33)30-28-15-19-13-23-24(14-21(19)27)35-16-34-23/h3-15H,16H2,1-2H3,(H,29,32)(H,30,33)/b22-12-,28-15-. The van der Waals surface area contributed by atoms with Crippen LogP contribution in [0.15, 0.2) is 82.0 Å². The largest absolute Gasteiger partial charge is 0.454 e. The normalized spacial score (nSPS) is 12.5. The summed E-state index contributed by atoms with van der Waals surface area (Å²) in [5.41, 5.74) is 5.41. The molecule has 0 saturated carbocycles. The van der Waals surface area contributed by atoms with Crippen molar-refractivity contribution >= 4 is 45.7 Å². The van der Waals surface area contributed by atoms with Crippen LogP contribution in [0.3, 0.4) is 0 Å². The quantitative estimate of drug-likeness (QED) is 0.269. The fraction of sp³-hybridized carbons (Fsp3) is 0.115. The average Bonchev–Trinajstić information content (AvgIpc) is 3.31. The van der Waals surface area contributed by atoms with Crippen LogP contribution in [0.2, 0.25) is 0 Å². The average molecular weight is 535 g/mol. The van der Waals surface area contributed by atoms with Gasteiger partial charge in [0.05, 0.1) is 6.21 Å². The zero-order valence-corrected chi connectivity index (χ0v) is 20.7. The van der Waals surface area contributed by atoms with E-state index in [2.05, 4.69) is 31.8 Å². The lowest BCUT2D eigenvalue weighted by Gasteiger charge is -2.12. The number of ether oxygens (including phenoxy) is 2. The smallest absolute Gasteiger partial charge is 0.287 e. The summed E-state index contributed by atoms with van der Waals surface area (Å²) >= 11 is 3.45. The molecule has 35 heavy (non-hydrogen) atoms. The fourth-order valence-corrected chi connectivity index (χ4v) is 3.66. The zero-order chi connectivity index (χ0) is 24.8. The van der Waals surface area contributed by atoms with Gasteiger partial charge in [-0.3, -0.25) is 9.59 Å². The Morgan fingerprint density at radius 3 is 2.37 bits per heavy atom. The topological polar surface area (TPSA) is 92.3 Å². The van der Waals surface area contributed by atoms with E-state index in [1.807, 2.05) is 49.3 Å². The van der Waals surface area contributed by atoms with Crippen molar-refractivity contribution in [2.45, 2.75) is 0 Å². The second-order valence-corrected chi connectivity index (χ2v) is 8.64. The number of amides is 2. The lowest BCUT2D eigenvalue weighted by atomic mass is 10.1.